The Morgan fingerprint density at radius 2 is 1.80 bits per heavy atom. The fraction of sp³-hybridized carbons (Fsp3) is 0.0625. The highest BCUT2D eigenvalue weighted by Crippen LogP contribution is 2.26. The normalized spacial score (nSPS) is 10.7. The van der Waals surface area contributed by atoms with E-state index in [9.17, 15) is 18.0 Å². The van der Waals surface area contributed by atoms with E-state index in [4.69, 9.17) is 10.5 Å². The number of hydrogen-bond donors (Lipinski definition) is 2. The van der Waals surface area contributed by atoms with Crippen LogP contribution in [0.15, 0.2) is 36.4 Å². The topological polar surface area (TPSA) is 93.9 Å². The van der Waals surface area contributed by atoms with Crippen LogP contribution in [0.5, 0.6) is 5.75 Å². The van der Waals surface area contributed by atoms with Gasteiger partial charge in [0.25, 0.3) is 5.91 Å². The first-order chi connectivity index (χ1) is 11.9. The van der Waals surface area contributed by atoms with Gasteiger partial charge in [0.1, 0.15) is 23.9 Å². The number of nitrogens with one attached hydrogen (secondary N) is 1. The van der Waals surface area contributed by atoms with Crippen molar-refractivity contribution in [1.29, 1.82) is 0 Å². The van der Waals surface area contributed by atoms with Crippen LogP contribution < -0.4 is 10.5 Å². The van der Waals surface area contributed by atoms with Crippen molar-refractivity contribution >= 4 is 5.91 Å². The number of carbonyl (C=O) groups excluding carboxylic acids is 1. The van der Waals surface area contributed by atoms with E-state index in [0.29, 0.717) is 0 Å². The minimum atomic E-state index is -0.808. The largest absolute Gasteiger partial charge is 0.486 e. The van der Waals surface area contributed by atoms with Crippen molar-refractivity contribution in [3.63, 3.8) is 0 Å². The van der Waals surface area contributed by atoms with E-state index in [1.54, 1.807) is 0 Å². The van der Waals surface area contributed by atoms with Crippen molar-refractivity contribution in [1.82, 2.24) is 15.4 Å². The molecule has 0 atom stereocenters. The van der Waals surface area contributed by atoms with Crippen LogP contribution >= 0.6 is 0 Å². The zero-order chi connectivity index (χ0) is 18.0. The Morgan fingerprint density at radius 3 is 2.44 bits per heavy atom. The summed E-state index contributed by atoms with van der Waals surface area (Å²) in [6.07, 6.45) is 0. The maximum atomic E-state index is 14.2. The van der Waals surface area contributed by atoms with E-state index in [0.717, 1.165) is 24.3 Å². The van der Waals surface area contributed by atoms with Crippen LogP contribution in [0, 0.1) is 17.5 Å². The van der Waals surface area contributed by atoms with Gasteiger partial charge in [-0.05, 0) is 35.9 Å². The van der Waals surface area contributed by atoms with Gasteiger partial charge >= 0.3 is 0 Å². The molecule has 0 saturated heterocycles. The number of halogens is 3. The molecule has 1 heterocycles. The van der Waals surface area contributed by atoms with Crippen LogP contribution in [0.3, 0.4) is 0 Å². The second kappa shape index (κ2) is 6.63. The molecule has 1 aromatic heterocycles. The highest BCUT2D eigenvalue weighted by molar-refractivity contribution is 5.96. The molecule has 0 aliphatic rings. The van der Waals surface area contributed by atoms with Gasteiger partial charge in [-0.25, -0.2) is 13.2 Å². The summed E-state index contributed by atoms with van der Waals surface area (Å²) in [6.45, 7) is -0.221. The molecule has 0 unspecified atom stereocenters. The molecule has 1 amide bonds. The van der Waals surface area contributed by atoms with E-state index in [1.165, 1.54) is 12.1 Å². The molecule has 0 spiro atoms. The second-order valence-corrected chi connectivity index (χ2v) is 5.10. The number of ether oxygens (including phenoxy) is 1. The summed E-state index contributed by atoms with van der Waals surface area (Å²) in [5, 5.41) is 9.61. The number of amides is 1. The van der Waals surface area contributed by atoms with Crippen LogP contribution in [0.1, 0.15) is 16.1 Å². The van der Waals surface area contributed by atoms with Crippen molar-refractivity contribution in [2.75, 3.05) is 0 Å². The molecule has 6 nitrogen and oxygen atoms in total. The molecule has 3 N–H and O–H groups in total. The SMILES string of the molecule is NC(=O)c1n[nH]nc1-c1ccc(OCc2cc(F)cc(F)c2)c(F)c1. The Hall–Kier alpha value is -3.36. The fourth-order valence-electron chi connectivity index (χ4n) is 2.22. The molecule has 128 valence electrons. The fourth-order valence-corrected chi connectivity index (χ4v) is 2.22. The number of aromatic amines is 1. The molecule has 25 heavy (non-hydrogen) atoms. The molecule has 0 aliphatic heterocycles. The summed E-state index contributed by atoms with van der Waals surface area (Å²) in [5.74, 6) is -3.18. The van der Waals surface area contributed by atoms with Gasteiger partial charge in [0, 0.05) is 11.6 Å². The minimum Gasteiger partial charge on any atom is -0.486 e. The van der Waals surface area contributed by atoms with Gasteiger partial charge in [-0.1, -0.05) is 0 Å². The number of aromatic nitrogens is 3. The van der Waals surface area contributed by atoms with E-state index in [2.05, 4.69) is 15.4 Å². The summed E-state index contributed by atoms with van der Waals surface area (Å²) in [5.41, 5.74) is 5.62. The molecule has 0 fully saturated rings. The summed E-state index contributed by atoms with van der Waals surface area (Å²) < 4.78 is 45.7. The lowest BCUT2D eigenvalue weighted by molar-refractivity contribution is 0.0996. The Bertz CT molecular complexity index is 923. The third-order valence-electron chi connectivity index (χ3n) is 3.30. The van der Waals surface area contributed by atoms with Crippen LogP contribution in [0.4, 0.5) is 13.2 Å². The predicted octanol–water partition coefficient (Wildman–Crippen LogP) is 2.57. The van der Waals surface area contributed by atoms with Crippen molar-refractivity contribution in [3.05, 3.63) is 65.1 Å². The lowest BCUT2D eigenvalue weighted by atomic mass is 10.1. The molecule has 9 heteroatoms. The van der Waals surface area contributed by atoms with E-state index >= 15 is 0 Å². The van der Waals surface area contributed by atoms with Gasteiger partial charge in [-0.15, -0.1) is 0 Å². The first kappa shape index (κ1) is 16.5. The number of primary amides is 1. The van der Waals surface area contributed by atoms with Crippen LogP contribution in [-0.2, 0) is 6.61 Å². The average molecular weight is 348 g/mol. The maximum Gasteiger partial charge on any atom is 0.271 e. The lowest BCUT2D eigenvalue weighted by Gasteiger charge is -2.09. The number of benzene rings is 2. The zero-order valence-corrected chi connectivity index (χ0v) is 12.6. The van der Waals surface area contributed by atoms with Gasteiger partial charge in [-0.2, -0.15) is 15.4 Å². The van der Waals surface area contributed by atoms with Gasteiger partial charge in [0.05, 0.1) is 0 Å². The van der Waals surface area contributed by atoms with E-state index < -0.39 is 23.4 Å². The highest BCUT2D eigenvalue weighted by atomic mass is 19.1. The van der Waals surface area contributed by atoms with Gasteiger partial charge in [0.2, 0.25) is 0 Å². The number of carbonyl (C=O) groups is 1. The third kappa shape index (κ3) is 3.60. The predicted molar refractivity (Wildman–Crippen MR) is 81.0 cm³/mol. The highest BCUT2D eigenvalue weighted by Gasteiger charge is 2.17. The quantitative estimate of drug-likeness (QED) is 0.741. The Balaban J connectivity index is 1.80. The molecule has 3 rings (SSSR count). The van der Waals surface area contributed by atoms with Crippen molar-refractivity contribution in [3.8, 4) is 17.0 Å². The number of hydrogen-bond acceptors (Lipinski definition) is 4. The van der Waals surface area contributed by atoms with Gasteiger partial charge < -0.3 is 10.5 Å². The molecule has 0 saturated carbocycles. The Morgan fingerprint density at radius 1 is 1.08 bits per heavy atom. The third-order valence-corrected chi connectivity index (χ3v) is 3.30. The second-order valence-electron chi connectivity index (χ2n) is 5.10. The number of nitrogens with zero attached hydrogens (tertiary/aromatic N) is 2. The monoisotopic (exact) mass is 348 g/mol. The lowest BCUT2D eigenvalue weighted by Crippen LogP contribution is -2.12. The summed E-state index contributed by atoms with van der Waals surface area (Å²) in [4.78, 5) is 11.2. The smallest absolute Gasteiger partial charge is 0.271 e. The number of rotatable bonds is 5. The van der Waals surface area contributed by atoms with Crippen molar-refractivity contribution in [2.24, 2.45) is 5.73 Å². The summed E-state index contributed by atoms with van der Waals surface area (Å²) in [7, 11) is 0. The molecule has 0 bridgehead atoms. The van der Waals surface area contributed by atoms with E-state index in [-0.39, 0.29) is 34.9 Å². The summed E-state index contributed by atoms with van der Waals surface area (Å²) in [6, 6.07) is 6.75. The van der Waals surface area contributed by atoms with E-state index in [1.807, 2.05) is 0 Å². The Kier molecular flexibility index (Phi) is 4.38. The van der Waals surface area contributed by atoms with Crippen LogP contribution in [-0.4, -0.2) is 21.3 Å². The number of H-pyrrole nitrogens is 1. The summed E-state index contributed by atoms with van der Waals surface area (Å²) >= 11 is 0. The van der Waals surface area contributed by atoms with Gasteiger partial charge in [0.15, 0.2) is 17.3 Å². The molecule has 3 aromatic rings. The number of nitrogens with two attached hydrogens (primary N) is 1. The standard InChI is InChI=1S/C16H11F3N4O2/c17-10-3-8(4-11(18)6-10)7-25-13-2-1-9(5-12(13)19)14-15(16(20)24)22-23-21-14/h1-6H,7H2,(H2,20,24)(H,21,22,23). The molecular weight excluding hydrogens is 337 g/mol. The van der Waals surface area contributed by atoms with Crippen molar-refractivity contribution < 1.29 is 22.7 Å². The molecule has 0 aliphatic carbocycles. The molecule has 2 aromatic carbocycles. The molecule has 0 radical (unpaired) electrons. The molecular formula is C16H11F3N4O2. The zero-order valence-electron chi connectivity index (χ0n) is 12.6. The first-order valence-corrected chi connectivity index (χ1v) is 7.02. The van der Waals surface area contributed by atoms with Crippen LogP contribution in [0.2, 0.25) is 0 Å². The maximum absolute atomic E-state index is 14.2. The van der Waals surface area contributed by atoms with Crippen molar-refractivity contribution in [2.45, 2.75) is 6.61 Å². The first-order valence-electron chi connectivity index (χ1n) is 7.02. The Labute approximate surface area is 139 Å². The minimum absolute atomic E-state index is 0.102. The average Bonchev–Trinajstić information content (AvgIpc) is 3.02. The van der Waals surface area contributed by atoms with Gasteiger partial charge in [-0.3, -0.25) is 4.79 Å². The van der Waals surface area contributed by atoms with Crippen LogP contribution in [0.25, 0.3) is 11.3 Å².